The van der Waals surface area contributed by atoms with Crippen LogP contribution in [0.5, 0.6) is 0 Å². The van der Waals surface area contributed by atoms with Gasteiger partial charge in [-0.05, 0) is 18.2 Å². The predicted molar refractivity (Wildman–Crippen MR) is 88.6 cm³/mol. The number of rotatable bonds is 4. The predicted octanol–water partition coefficient (Wildman–Crippen LogP) is 2.73. The molecule has 1 fully saturated rings. The molecule has 0 aromatic heterocycles. The standard InChI is InChI=1S/C17H14FN3O4/c18-14-6-1-2-7-15(14)20-10-11(8-16(20)22)17(23)19-12-4-3-5-13(9-12)21(24)25/h1-7,9,11H,8,10H2,(H,19,23). The molecule has 0 spiro atoms. The zero-order valence-electron chi connectivity index (χ0n) is 13.0. The summed E-state index contributed by atoms with van der Waals surface area (Å²) >= 11 is 0. The Morgan fingerprint density at radius 1 is 1.24 bits per heavy atom. The summed E-state index contributed by atoms with van der Waals surface area (Å²) in [6.45, 7) is 0.0561. The fourth-order valence-electron chi connectivity index (χ4n) is 2.73. The first-order valence-electron chi connectivity index (χ1n) is 7.56. The molecule has 0 aliphatic carbocycles. The number of carbonyl (C=O) groups is 2. The van der Waals surface area contributed by atoms with Gasteiger partial charge in [0.1, 0.15) is 5.82 Å². The largest absolute Gasteiger partial charge is 0.326 e. The summed E-state index contributed by atoms with van der Waals surface area (Å²) in [4.78, 5) is 35.9. The maximum absolute atomic E-state index is 13.9. The van der Waals surface area contributed by atoms with Crippen LogP contribution in [-0.4, -0.2) is 23.3 Å². The summed E-state index contributed by atoms with van der Waals surface area (Å²) in [6.07, 6.45) is -0.0465. The first kappa shape index (κ1) is 16.6. The fraction of sp³-hybridized carbons (Fsp3) is 0.176. The van der Waals surface area contributed by atoms with E-state index in [1.807, 2.05) is 0 Å². The van der Waals surface area contributed by atoms with Gasteiger partial charge >= 0.3 is 0 Å². The lowest BCUT2D eigenvalue weighted by Gasteiger charge is -2.17. The van der Waals surface area contributed by atoms with Crippen molar-refractivity contribution in [3.05, 3.63) is 64.5 Å². The highest BCUT2D eigenvalue weighted by Gasteiger charge is 2.36. The highest BCUT2D eigenvalue weighted by atomic mass is 19.1. The first-order chi connectivity index (χ1) is 12.0. The molecule has 7 nitrogen and oxygen atoms in total. The average Bonchev–Trinajstić information content (AvgIpc) is 2.97. The topological polar surface area (TPSA) is 92.5 Å². The van der Waals surface area contributed by atoms with Gasteiger partial charge in [-0.25, -0.2) is 4.39 Å². The number of halogens is 1. The summed E-state index contributed by atoms with van der Waals surface area (Å²) in [5, 5.41) is 13.3. The van der Waals surface area contributed by atoms with E-state index in [1.54, 1.807) is 6.07 Å². The molecule has 1 aliphatic heterocycles. The Balaban J connectivity index is 1.72. The van der Waals surface area contributed by atoms with Crippen LogP contribution in [0.3, 0.4) is 0 Å². The molecule has 2 aromatic carbocycles. The van der Waals surface area contributed by atoms with Gasteiger partial charge in [0.2, 0.25) is 11.8 Å². The monoisotopic (exact) mass is 343 g/mol. The molecule has 128 valence electrons. The Labute approximate surface area is 142 Å². The molecule has 1 N–H and O–H groups in total. The molecule has 1 heterocycles. The summed E-state index contributed by atoms with van der Waals surface area (Å²) in [5.74, 6) is -1.97. The van der Waals surface area contributed by atoms with Gasteiger partial charge in [-0.3, -0.25) is 19.7 Å². The molecule has 8 heteroatoms. The van der Waals surface area contributed by atoms with Gasteiger partial charge in [-0.15, -0.1) is 0 Å². The number of amides is 2. The number of carbonyl (C=O) groups excluding carboxylic acids is 2. The van der Waals surface area contributed by atoms with E-state index in [9.17, 15) is 24.1 Å². The van der Waals surface area contributed by atoms with Crippen LogP contribution < -0.4 is 10.2 Å². The number of nitrogens with one attached hydrogen (secondary N) is 1. The van der Waals surface area contributed by atoms with E-state index in [0.717, 1.165) is 0 Å². The van der Waals surface area contributed by atoms with Crippen LogP contribution >= 0.6 is 0 Å². The van der Waals surface area contributed by atoms with Gasteiger partial charge in [0.05, 0.1) is 16.5 Å². The molecule has 0 bridgehead atoms. The van der Waals surface area contributed by atoms with Gasteiger partial charge in [0.25, 0.3) is 5.69 Å². The molecule has 1 unspecified atom stereocenters. The second-order valence-electron chi connectivity index (χ2n) is 5.65. The number of benzene rings is 2. The smallest absolute Gasteiger partial charge is 0.271 e. The van der Waals surface area contributed by atoms with Crippen molar-refractivity contribution >= 4 is 28.9 Å². The van der Waals surface area contributed by atoms with Crippen LogP contribution in [0.2, 0.25) is 0 Å². The third-order valence-electron chi connectivity index (χ3n) is 3.96. The number of hydrogen-bond acceptors (Lipinski definition) is 4. The van der Waals surface area contributed by atoms with E-state index in [2.05, 4.69) is 5.32 Å². The van der Waals surface area contributed by atoms with Crippen LogP contribution in [0.25, 0.3) is 0 Å². The van der Waals surface area contributed by atoms with Crippen molar-refractivity contribution in [1.82, 2.24) is 0 Å². The minimum Gasteiger partial charge on any atom is -0.326 e. The van der Waals surface area contributed by atoms with E-state index in [4.69, 9.17) is 0 Å². The van der Waals surface area contributed by atoms with Gasteiger partial charge in [-0.1, -0.05) is 18.2 Å². The minimum absolute atomic E-state index is 0.0465. The third-order valence-corrected chi connectivity index (χ3v) is 3.96. The fourth-order valence-corrected chi connectivity index (χ4v) is 2.73. The molecule has 3 rings (SSSR count). The normalized spacial score (nSPS) is 16.8. The lowest BCUT2D eigenvalue weighted by Crippen LogP contribution is -2.28. The van der Waals surface area contributed by atoms with Crippen LogP contribution in [0.1, 0.15) is 6.42 Å². The van der Waals surface area contributed by atoms with Gasteiger partial charge < -0.3 is 10.2 Å². The highest BCUT2D eigenvalue weighted by molar-refractivity contribution is 6.03. The van der Waals surface area contributed by atoms with Crippen molar-refractivity contribution < 1.29 is 18.9 Å². The molecule has 0 radical (unpaired) electrons. The van der Waals surface area contributed by atoms with Crippen molar-refractivity contribution in [2.45, 2.75) is 6.42 Å². The van der Waals surface area contributed by atoms with E-state index in [0.29, 0.717) is 0 Å². The van der Waals surface area contributed by atoms with Crippen LogP contribution in [-0.2, 0) is 9.59 Å². The number of nitrogens with zero attached hydrogens (tertiary/aromatic N) is 2. The Hall–Kier alpha value is -3.29. The Morgan fingerprint density at radius 2 is 2.00 bits per heavy atom. The quantitative estimate of drug-likeness (QED) is 0.682. The second-order valence-corrected chi connectivity index (χ2v) is 5.65. The van der Waals surface area contributed by atoms with E-state index >= 15 is 0 Å². The second kappa shape index (κ2) is 6.68. The maximum Gasteiger partial charge on any atom is 0.271 e. The van der Waals surface area contributed by atoms with Crippen molar-refractivity contribution in [1.29, 1.82) is 0 Å². The van der Waals surface area contributed by atoms with Crippen molar-refractivity contribution in [3.63, 3.8) is 0 Å². The molecule has 2 aromatic rings. The number of non-ortho nitro benzene ring substituents is 1. The van der Waals surface area contributed by atoms with Crippen LogP contribution in [0, 0.1) is 21.8 Å². The van der Waals surface area contributed by atoms with Crippen LogP contribution in [0.15, 0.2) is 48.5 Å². The Bertz CT molecular complexity index is 855. The van der Waals surface area contributed by atoms with Gasteiger partial charge in [-0.2, -0.15) is 0 Å². The Kier molecular flexibility index (Phi) is 4.42. The van der Waals surface area contributed by atoms with Gasteiger partial charge in [0, 0.05) is 30.8 Å². The maximum atomic E-state index is 13.9. The lowest BCUT2D eigenvalue weighted by atomic mass is 10.1. The molecule has 1 atom stereocenters. The van der Waals surface area contributed by atoms with Crippen LogP contribution in [0.4, 0.5) is 21.5 Å². The molecular weight excluding hydrogens is 329 g/mol. The third kappa shape index (κ3) is 3.47. The molecule has 0 saturated carbocycles. The first-order valence-corrected chi connectivity index (χ1v) is 7.56. The minimum atomic E-state index is -0.661. The summed E-state index contributed by atoms with van der Waals surface area (Å²) in [6, 6.07) is 11.4. The number of hydrogen-bond donors (Lipinski definition) is 1. The molecule has 2 amide bonds. The van der Waals surface area contributed by atoms with Gasteiger partial charge in [0.15, 0.2) is 0 Å². The lowest BCUT2D eigenvalue weighted by molar-refractivity contribution is -0.384. The average molecular weight is 343 g/mol. The molecular formula is C17H14FN3O4. The number of nitro groups is 1. The van der Waals surface area contributed by atoms with E-state index < -0.39 is 22.6 Å². The summed E-state index contributed by atoms with van der Waals surface area (Å²) in [7, 11) is 0. The summed E-state index contributed by atoms with van der Waals surface area (Å²) in [5.41, 5.74) is 0.266. The number of nitro benzene ring substituents is 1. The SMILES string of the molecule is O=C(Nc1cccc([N+](=O)[O-])c1)C1CC(=O)N(c2ccccc2F)C1. The van der Waals surface area contributed by atoms with E-state index in [1.165, 1.54) is 47.4 Å². The summed E-state index contributed by atoms with van der Waals surface area (Å²) < 4.78 is 13.9. The molecule has 1 saturated heterocycles. The molecule has 1 aliphatic rings. The Morgan fingerprint density at radius 3 is 2.72 bits per heavy atom. The zero-order valence-corrected chi connectivity index (χ0v) is 13.0. The molecule has 25 heavy (non-hydrogen) atoms. The highest BCUT2D eigenvalue weighted by Crippen LogP contribution is 2.28. The van der Waals surface area contributed by atoms with Crippen molar-refractivity contribution in [2.24, 2.45) is 5.92 Å². The van der Waals surface area contributed by atoms with Crippen molar-refractivity contribution in [2.75, 3.05) is 16.8 Å². The number of para-hydroxylation sites is 1. The zero-order chi connectivity index (χ0) is 18.0. The number of anilines is 2. The van der Waals surface area contributed by atoms with E-state index in [-0.39, 0.29) is 35.9 Å². The van der Waals surface area contributed by atoms with Crippen molar-refractivity contribution in [3.8, 4) is 0 Å².